The van der Waals surface area contributed by atoms with Crippen LogP contribution in [0.3, 0.4) is 0 Å². The van der Waals surface area contributed by atoms with E-state index in [0.717, 1.165) is 19.3 Å². The van der Waals surface area contributed by atoms with Crippen molar-refractivity contribution in [2.75, 3.05) is 0 Å². The number of unbranched alkanes of at least 4 members (excludes halogenated alkanes) is 3. The first kappa shape index (κ1) is 21.6. The number of carbonyl (C=O) groups is 1. The summed E-state index contributed by atoms with van der Waals surface area (Å²) in [5.41, 5.74) is 0. The van der Waals surface area contributed by atoms with Crippen molar-refractivity contribution >= 4 is 5.97 Å². The van der Waals surface area contributed by atoms with Gasteiger partial charge in [0.15, 0.2) is 0 Å². The van der Waals surface area contributed by atoms with Crippen molar-refractivity contribution in [3.05, 3.63) is 36.5 Å². The summed E-state index contributed by atoms with van der Waals surface area (Å²) in [4.78, 5) is 14.7. The second kappa shape index (κ2) is 13.8. The lowest BCUT2D eigenvalue weighted by atomic mass is 10.1. The van der Waals surface area contributed by atoms with E-state index in [0.29, 0.717) is 18.9 Å². The summed E-state index contributed by atoms with van der Waals surface area (Å²) in [6.45, 7) is 2.19. The summed E-state index contributed by atoms with van der Waals surface area (Å²) in [6.07, 6.45) is 19.4. The molecule has 1 saturated heterocycles. The van der Waals surface area contributed by atoms with Gasteiger partial charge in [0.05, 0.1) is 12.2 Å². The zero-order valence-electron chi connectivity index (χ0n) is 15.1. The Kier molecular flexibility index (Phi) is 11.9. The van der Waals surface area contributed by atoms with Crippen LogP contribution in [0.15, 0.2) is 36.5 Å². The maximum atomic E-state index is 10.2. The highest BCUT2D eigenvalue weighted by molar-refractivity contribution is 5.64. The molecule has 0 aromatic heterocycles. The van der Waals surface area contributed by atoms with E-state index in [1.54, 1.807) is 0 Å². The lowest BCUT2D eigenvalue weighted by Gasteiger charge is -2.05. The standard InChI is InChI=1S/C20H32O5/c1-2-3-10-14-18-19(24-18)16-17(25-23)13-11-8-6-4-5-7-9-12-15-20(21)22/h5-8,11,13,17-19,23H,2-4,9-10,12,14-16H2,1H3,(H,21,22)/p-1/b7-5-,8-6-,13-11+/t17-,18+,19-/m1/s1. The maximum absolute atomic E-state index is 10.2. The number of epoxide rings is 1. The van der Waals surface area contributed by atoms with Crippen molar-refractivity contribution in [1.29, 1.82) is 0 Å². The molecule has 1 N–H and O–H groups in total. The normalized spacial score (nSPS) is 21.5. The van der Waals surface area contributed by atoms with Crippen LogP contribution in [0.4, 0.5) is 0 Å². The van der Waals surface area contributed by atoms with E-state index < -0.39 is 5.97 Å². The summed E-state index contributed by atoms with van der Waals surface area (Å²) in [5.74, 6) is -0.997. The molecule has 0 aromatic rings. The number of ether oxygens (including phenoxy) is 1. The number of allylic oxidation sites excluding steroid dienone is 5. The fourth-order valence-corrected chi connectivity index (χ4v) is 2.62. The molecule has 25 heavy (non-hydrogen) atoms. The molecule has 0 aromatic carbocycles. The molecular formula is C20H31O5-. The highest BCUT2D eigenvalue weighted by Crippen LogP contribution is 2.31. The van der Waals surface area contributed by atoms with Gasteiger partial charge in [-0.15, -0.1) is 0 Å². The van der Waals surface area contributed by atoms with Crippen LogP contribution in [-0.4, -0.2) is 29.5 Å². The molecule has 1 aliphatic heterocycles. The molecular weight excluding hydrogens is 320 g/mol. The monoisotopic (exact) mass is 351 g/mol. The Morgan fingerprint density at radius 2 is 2.04 bits per heavy atom. The van der Waals surface area contributed by atoms with Crippen molar-refractivity contribution in [1.82, 2.24) is 0 Å². The van der Waals surface area contributed by atoms with E-state index in [-0.39, 0.29) is 18.6 Å². The SMILES string of the molecule is CCCCC[C@@H]1O[C@@H]1C[C@@H](/C=C/C=C\C/C=C\CCCC(=O)[O-])OO. The number of carbonyl (C=O) groups excluding carboxylic acids is 1. The lowest BCUT2D eigenvalue weighted by molar-refractivity contribution is -0.305. The molecule has 1 heterocycles. The van der Waals surface area contributed by atoms with Gasteiger partial charge in [-0.2, -0.15) is 0 Å². The van der Waals surface area contributed by atoms with Gasteiger partial charge in [0.25, 0.3) is 0 Å². The highest BCUT2D eigenvalue weighted by Gasteiger charge is 2.39. The molecule has 0 aliphatic carbocycles. The Hall–Kier alpha value is -1.43. The molecule has 5 heteroatoms. The van der Waals surface area contributed by atoms with Crippen LogP contribution in [0.5, 0.6) is 0 Å². The molecule has 5 nitrogen and oxygen atoms in total. The van der Waals surface area contributed by atoms with Crippen LogP contribution in [0.2, 0.25) is 0 Å². The van der Waals surface area contributed by atoms with Crippen molar-refractivity contribution in [3.8, 4) is 0 Å². The predicted molar refractivity (Wildman–Crippen MR) is 95.8 cm³/mol. The van der Waals surface area contributed by atoms with E-state index >= 15 is 0 Å². The van der Waals surface area contributed by atoms with Gasteiger partial charge in [0.1, 0.15) is 6.10 Å². The highest BCUT2D eigenvalue weighted by atomic mass is 17.1. The Bertz CT molecular complexity index is 441. The van der Waals surface area contributed by atoms with Crippen LogP contribution in [0, 0.1) is 0 Å². The number of carboxylic acids is 1. The molecule has 0 bridgehead atoms. The van der Waals surface area contributed by atoms with Gasteiger partial charge in [-0.05, 0) is 32.1 Å². The number of hydrogen-bond donors (Lipinski definition) is 1. The molecule has 0 saturated carbocycles. The van der Waals surface area contributed by atoms with Crippen molar-refractivity contribution in [2.24, 2.45) is 0 Å². The van der Waals surface area contributed by atoms with Gasteiger partial charge in [0, 0.05) is 12.4 Å². The molecule has 0 spiro atoms. The Morgan fingerprint density at radius 1 is 1.20 bits per heavy atom. The van der Waals surface area contributed by atoms with Gasteiger partial charge < -0.3 is 14.6 Å². The van der Waals surface area contributed by atoms with E-state index in [2.05, 4.69) is 11.8 Å². The molecule has 0 amide bonds. The summed E-state index contributed by atoms with van der Waals surface area (Å²) in [5, 5.41) is 19.2. The Labute approximate surface area is 151 Å². The lowest BCUT2D eigenvalue weighted by Crippen LogP contribution is -2.21. The number of carboxylic acid groups (broad SMARTS) is 1. The van der Waals surface area contributed by atoms with Crippen molar-refractivity contribution in [2.45, 2.75) is 83.0 Å². The number of hydrogen-bond acceptors (Lipinski definition) is 5. The second-order valence-electron chi connectivity index (χ2n) is 6.37. The molecule has 142 valence electrons. The molecule has 3 atom stereocenters. The largest absolute Gasteiger partial charge is 0.550 e. The third-order valence-electron chi connectivity index (χ3n) is 4.14. The van der Waals surface area contributed by atoms with Gasteiger partial charge >= 0.3 is 0 Å². The van der Waals surface area contributed by atoms with Crippen molar-refractivity contribution < 1.29 is 24.8 Å². The maximum Gasteiger partial charge on any atom is 0.114 e. The minimum Gasteiger partial charge on any atom is -0.550 e. The van der Waals surface area contributed by atoms with E-state index in [1.807, 2.05) is 36.5 Å². The first-order valence-electron chi connectivity index (χ1n) is 9.31. The van der Waals surface area contributed by atoms with Gasteiger partial charge in [0.2, 0.25) is 0 Å². The quantitative estimate of drug-likeness (QED) is 0.122. The van der Waals surface area contributed by atoms with Crippen LogP contribution < -0.4 is 5.11 Å². The third-order valence-corrected chi connectivity index (χ3v) is 4.14. The fraction of sp³-hybridized carbons (Fsp3) is 0.650. The van der Waals surface area contributed by atoms with Crippen LogP contribution in [0.25, 0.3) is 0 Å². The number of aliphatic carboxylic acids is 1. The average molecular weight is 351 g/mol. The first-order valence-corrected chi connectivity index (χ1v) is 9.31. The van der Waals surface area contributed by atoms with Crippen LogP contribution >= 0.6 is 0 Å². The summed E-state index contributed by atoms with van der Waals surface area (Å²) >= 11 is 0. The summed E-state index contributed by atoms with van der Waals surface area (Å²) in [7, 11) is 0. The Morgan fingerprint density at radius 3 is 2.76 bits per heavy atom. The first-order chi connectivity index (χ1) is 12.2. The molecule has 1 rings (SSSR count). The van der Waals surface area contributed by atoms with Gasteiger partial charge in [-0.3, -0.25) is 5.26 Å². The summed E-state index contributed by atoms with van der Waals surface area (Å²) < 4.78 is 5.61. The zero-order valence-corrected chi connectivity index (χ0v) is 15.1. The molecule has 0 radical (unpaired) electrons. The van der Waals surface area contributed by atoms with Crippen LogP contribution in [0.1, 0.15) is 64.7 Å². The van der Waals surface area contributed by atoms with E-state index in [9.17, 15) is 9.90 Å². The van der Waals surface area contributed by atoms with E-state index in [4.69, 9.17) is 9.99 Å². The average Bonchev–Trinajstić information content (AvgIpc) is 3.33. The third kappa shape index (κ3) is 11.7. The minimum atomic E-state index is -0.997. The smallest absolute Gasteiger partial charge is 0.114 e. The minimum absolute atomic E-state index is 0.107. The molecule has 1 fully saturated rings. The molecule has 0 unspecified atom stereocenters. The molecule has 1 aliphatic rings. The zero-order chi connectivity index (χ0) is 18.3. The number of rotatable bonds is 15. The second-order valence-corrected chi connectivity index (χ2v) is 6.37. The van der Waals surface area contributed by atoms with E-state index in [1.165, 1.54) is 19.3 Å². The predicted octanol–water partition coefficient (Wildman–Crippen LogP) is 3.56. The van der Waals surface area contributed by atoms with Gasteiger partial charge in [-0.1, -0.05) is 62.6 Å². The van der Waals surface area contributed by atoms with Gasteiger partial charge in [-0.25, -0.2) is 4.89 Å². The Balaban J connectivity index is 2.10. The van der Waals surface area contributed by atoms with Crippen molar-refractivity contribution in [3.63, 3.8) is 0 Å². The summed E-state index contributed by atoms with van der Waals surface area (Å²) in [6, 6.07) is 0. The van der Waals surface area contributed by atoms with Crippen LogP contribution in [-0.2, 0) is 14.4 Å². The fourth-order valence-electron chi connectivity index (χ4n) is 2.62. The topological polar surface area (TPSA) is 82.1 Å².